The van der Waals surface area contributed by atoms with Crippen LogP contribution in [0.25, 0.3) is 11.0 Å². The lowest BCUT2D eigenvalue weighted by Gasteiger charge is -2.26. The Morgan fingerprint density at radius 1 is 1.09 bits per heavy atom. The van der Waals surface area contributed by atoms with E-state index in [0.29, 0.717) is 0 Å². The molecule has 1 saturated heterocycles. The summed E-state index contributed by atoms with van der Waals surface area (Å²) < 4.78 is 7.73. The van der Waals surface area contributed by atoms with Gasteiger partial charge in [-0.05, 0) is 38.0 Å². The van der Waals surface area contributed by atoms with Gasteiger partial charge in [-0.1, -0.05) is 19.9 Å². The van der Waals surface area contributed by atoms with Crippen LogP contribution in [0.1, 0.15) is 31.7 Å². The van der Waals surface area contributed by atoms with E-state index in [1.54, 1.807) is 0 Å². The van der Waals surface area contributed by atoms with Gasteiger partial charge in [0.1, 0.15) is 5.82 Å². The van der Waals surface area contributed by atoms with E-state index in [1.807, 2.05) is 13.8 Å². The SMILES string of the molecule is CC.Cc1ccc2nc(C)n(CCCN3CCOCC3)c2c1. The van der Waals surface area contributed by atoms with Crippen LogP contribution in [-0.4, -0.2) is 47.3 Å². The zero-order valence-electron chi connectivity index (χ0n) is 14.4. The molecule has 4 heteroatoms. The van der Waals surface area contributed by atoms with Crippen LogP contribution in [-0.2, 0) is 11.3 Å². The minimum Gasteiger partial charge on any atom is -0.379 e. The summed E-state index contributed by atoms with van der Waals surface area (Å²) in [6.45, 7) is 14.3. The number of ether oxygens (including phenoxy) is 1. The molecule has 122 valence electrons. The number of benzene rings is 1. The van der Waals surface area contributed by atoms with Crippen LogP contribution >= 0.6 is 0 Å². The molecule has 0 saturated carbocycles. The van der Waals surface area contributed by atoms with Crippen molar-refractivity contribution in [3.8, 4) is 0 Å². The molecule has 0 bridgehead atoms. The zero-order chi connectivity index (χ0) is 15.9. The third kappa shape index (κ3) is 4.08. The largest absolute Gasteiger partial charge is 0.379 e. The molecule has 1 fully saturated rings. The molecule has 2 aromatic rings. The molecular weight excluding hydrogens is 274 g/mol. The van der Waals surface area contributed by atoms with Crippen LogP contribution < -0.4 is 0 Å². The Kier molecular flexibility index (Phi) is 6.40. The first kappa shape index (κ1) is 17.0. The molecule has 0 amide bonds. The molecule has 1 aromatic carbocycles. The highest BCUT2D eigenvalue weighted by molar-refractivity contribution is 5.76. The van der Waals surface area contributed by atoms with Crippen molar-refractivity contribution in [3.63, 3.8) is 0 Å². The molecule has 0 atom stereocenters. The second kappa shape index (κ2) is 8.30. The Hall–Kier alpha value is -1.39. The highest BCUT2D eigenvalue weighted by atomic mass is 16.5. The van der Waals surface area contributed by atoms with Crippen molar-refractivity contribution in [2.75, 3.05) is 32.8 Å². The van der Waals surface area contributed by atoms with Crippen LogP contribution in [0.3, 0.4) is 0 Å². The summed E-state index contributed by atoms with van der Waals surface area (Å²) in [7, 11) is 0. The molecule has 0 spiro atoms. The van der Waals surface area contributed by atoms with Crippen molar-refractivity contribution in [1.82, 2.24) is 14.5 Å². The van der Waals surface area contributed by atoms with Gasteiger partial charge >= 0.3 is 0 Å². The van der Waals surface area contributed by atoms with Crippen LogP contribution in [0, 0.1) is 13.8 Å². The standard InChI is InChI=1S/C16H23N3O.C2H6/c1-13-4-5-15-16(12-13)19(14(2)17-15)7-3-6-18-8-10-20-11-9-18;1-2/h4-5,12H,3,6-11H2,1-2H3;1-2H3. The average Bonchev–Trinajstić information content (AvgIpc) is 2.86. The molecule has 2 heterocycles. The van der Waals surface area contributed by atoms with Gasteiger partial charge in [-0.3, -0.25) is 4.90 Å². The van der Waals surface area contributed by atoms with Gasteiger partial charge in [0.25, 0.3) is 0 Å². The quantitative estimate of drug-likeness (QED) is 0.867. The van der Waals surface area contributed by atoms with Gasteiger partial charge in [0.2, 0.25) is 0 Å². The number of aromatic nitrogens is 2. The van der Waals surface area contributed by atoms with Crippen molar-refractivity contribution in [3.05, 3.63) is 29.6 Å². The fourth-order valence-electron chi connectivity index (χ4n) is 2.91. The highest BCUT2D eigenvalue weighted by Crippen LogP contribution is 2.18. The summed E-state index contributed by atoms with van der Waals surface area (Å²) >= 11 is 0. The smallest absolute Gasteiger partial charge is 0.106 e. The second-order valence-corrected chi connectivity index (χ2v) is 5.61. The summed E-state index contributed by atoms with van der Waals surface area (Å²) in [5, 5.41) is 0. The Morgan fingerprint density at radius 2 is 1.82 bits per heavy atom. The van der Waals surface area contributed by atoms with E-state index in [-0.39, 0.29) is 0 Å². The summed E-state index contributed by atoms with van der Waals surface area (Å²) in [5.41, 5.74) is 3.68. The van der Waals surface area contributed by atoms with E-state index < -0.39 is 0 Å². The van der Waals surface area contributed by atoms with E-state index >= 15 is 0 Å². The molecule has 1 aliphatic heterocycles. The second-order valence-electron chi connectivity index (χ2n) is 5.61. The number of imidazole rings is 1. The monoisotopic (exact) mass is 303 g/mol. The highest BCUT2D eigenvalue weighted by Gasteiger charge is 2.11. The van der Waals surface area contributed by atoms with Gasteiger partial charge < -0.3 is 9.30 Å². The number of rotatable bonds is 4. The number of nitrogens with zero attached hydrogens (tertiary/aromatic N) is 3. The Morgan fingerprint density at radius 3 is 2.55 bits per heavy atom. The van der Waals surface area contributed by atoms with Gasteiger partial charge in [0.05, 0.1) is 24.2 Å². The lowest BCUT2D eigenvalue weighted by atomic mass is 10.2. The molecule has 1 aromatic heterocycles. The van der Waals surface area contributed by atoms with Crippen molar-refractivity contribution in [2.45, 2.75) is 40.7 Å². The van der Waals surface area contributed by atoms with Crippen molar-refractivity contribution in [1.29, 1.82) is 0 Å². The first-order chi connectivity index (χ1) is 10.7. The van der Waals surface area contributed by atoms with Crippen molar-refractivity contribution < 1.29 is 4.74 Å². The van der Waals surface area contributed by atoms with Gasteiger partial charge in [0, 0.05) is 26.2 Å². The van der Waals surface area contributed by atoms with Crippen LogP contribution in [0.2, 0.25) is 0 Å². The van der Waals surface area contributed by atoms with E-state index in [1.165, 1.54) is 17.5 Å². The third-order valence-electron chi connectivity index (χ3n) is 4.05. The minimum absolute atomic E-state index is 0.881. The lowest BCUT2D eigenvalue weighted by Crippen LogP contribution is -2.37. The average molecular weight is 303 g/mol. The maximum atomic E-state index is 5.38. The maximum absolute atomic E-state index is 5.38. The van der Waals surface area contributed by atoms with E-state index in [2.05, 4.69) is 46.5 Å². The Balaban J connectivity index is 0.000000847. The zero-order valence-corrected chi connectivity index (χ0v) is 14.4. The molecule has 0 unspecified atom stereocenters. The minimum atomic E-state index is 0.881. The molecule has 1 aliphatic rings. The number of morpholine rings is 1. The molecule has 0 N–H and O–H groups in total. The van der Waals surface area contributed by atoms with Gasteiger partial charge in [-0.25, -0.2) is 4.98 Å². The molecular formula is C18H29N3O. The van der Waals surface area contributed by atoms with E-state index in [9.17, 15) is 0 Å². The van der Waals surface area contributed by atoms with E-state index in [4.69, 9.17) is 4.74 Å². The predicted molar refractivity (Wildman–Crippen MR) is 92.4 cm³/mol. The Labute approximate surface area is 134 Å². The number of fused-ring (bicyclic) bond motifs is 1. The molecule has 22 heavy (non-hydrogen) atoms. The summed E-state index contributed by atoms with van der Waals surface area (Å²) in [4.78, 5) is 7.14. The van der Waals surface area contributed by atoms with E-state index in [0.717, 1.165) is 50.7 Å². The molecule has 4 nitrogen and oxygen atoms in total. The lowest BCUT2D eigenvalue weighted by molar-refractivity contribution is 0.0369. The van der Waals surface area contributed by atoms with Gasteiger partial charge in [-0.2, -0.15) is 0 Å². The third-order valence-corrected chi connectivity index (χ3v) is 4.05. The normalized spacial score (nSPS) is 15.6. The molecule has 0 aliphatic carbocycles. The fourth-order valence-corrected chi connectivity index (χ4v) is 2.91. The van der Waals surface area contributed by atoms with Crippen molar-refractivity contribution >= 4 is 11.0 Å². The first-order valence-electron chi connectivity index (χ1n) is 8.47. The van der Waals surface area contributed by atoms with Crippen LogP contribution in [0.5, 0.6) is 0 Å². The van der Waals surface area contributed by atoms with Gasteiger partial charge in [-0.15, -0.1) is 0 Å². The fraction of sp³-hybridized carbons (Fsp3) is 0.611. The summed E-state index contributed by atoms with van der Waals surface area (Å²) in [6, 6.07) is 6.49. The number of aryl methyl sites for hydroxylation is 3. The van der Waals surface area contributed by atoms with Crippen LogP contribution in [0.15, 0.2) is 18.2 Å². The maximum Gasteiger partial charge on any atom is 0.106 e. The van der Waals surface area contributed by atoms with Crippen molar-refractivity contribution in [2.24, 2.45) is 0 Å². The molecule has 0 radical (unpaired) electrons. The summed E-state index contributed by atoms with van der Waals surface area (Å²) in [5.74, 6) is 1.12. The van der Waals surface area contributed by atoms with Gasteiger partial charge in [0.15, 0.2) is 0 Å². The summed E-state index contributed by atoms with van der Waals surface area (Å²) in [6.07, 6.45) is 1.17. The number of hydrogen-bond donors (Lipinski definition) is 0. The topological polar surface area (TPSA) is 30.3 Å². The number of hydrogen-bond acceptors (Lipinski definition) is 3. The predicted octanol–water partition coefficient (Wildman–Crippen LogP) is 3.40. The molecule has 3 rings (SSSR count). The van der Waals surface area contributed by atoms with Crippen LogP contribution in [0.4, 0.5) is 0 Å². The first-order valence-corrected chi connectivity index (χ1v) is 8.47. The Bertz CT molecular complexity index is 585.